The van der Waals surface area contributed by atoms with Gasteiger partial charge in [-0.2, -0.15) is 36.4 Å². The number of ketones is 2. The average Bonchev–Trinajstić information content (AvgIpc) is 0.825. The SMILES string of the molecule is O=C(Cl)c1ccc(Cl)cc1.O=C(Cl)c1ccc(Cl)cc1.O=C(c1ccccc1)c1ccc(Cl)cc1.O=C(c1ccccc1)c1ccc(Cl)cc1.[Cl][Al]([Cl])[Cl].[Cl][Zn+].[Pd].[c-]1ccccc1.c1ccc(P(c2ccccc2)c2ccccc2)cc1.c1ccc(P(c2ccccc2)c2ccccc2)cc1.c1ccc(P(c2ccccc2)c2ccccc2)cc1.c1ccc(P(c2ccccc2)c2ccccc2)cc1.c1ccccc1. The summed E-state index contributed by atoms with van der Waals surface area (Å²) in [5, 5.41) is 18.3. The van der Waals surface area contributed by atoms with Gasteiger partial charge in [0, 0.05) is 73.9 Å². The Morgan fingerprint density at radius 2 is 0.290 bits per heavy atom. The predicted octanol–water partition coefficient (Wildman–Crippen LogP) is 31.9. The van der Waals surface area contributed by atoms with Gasteiger partial charge in [-0.1, -0.05) is 507 Å². The Morgan fingerprint density at radius 3 is 0.407 bits per heavy atom. The summed E-state index contributed by atoms with van der Waals surface area (Å²) in [6, 6.07) is 199. The molecule has 21 heteroatoms. The van der Waals surface area contributed by atoms with Gasteiger partial charge in [0.2, 0.25) is 0 Å². The summed E-state index contributed by atoms with van der Waals surface area (Å²) in [5.74, 6) is 0.0412. The van der Waals surface area contributed by atoms with E-state index >= 15 is 0 Å². The Morgan fingerprint density at radius 1 is 0.179 bits per heavy atom. The molecular weight excluding hydrogens is 2230 g/mol. The van der Waals surface area contributed by atoms with E-state index in [4.69, 9.17) is 109 Å². The molecule has 0 spiro atoms. The predicted molar refractivity (Wildman–Crippen MR) is 627 cm³/mol. The standard InChI is InChI=1S/4C18H15P.2C13H9ClO.2C7H4Cl2O.C6H6.C6H5.Al.4ClH.Pd.Zn/c4*1-4-10-16(11-5-1)19(17-12-6-2-7-13-17)18-14-8-3-9-15-18;2*14-12-8-6-11(7-9-12)13(15)10-4-2-1-3-5-10;2*8-6-3-1-5(2-4-6)7(9)10;2*1-2-4-6-5-3-1;;;;;;;/h4*1-15H;2*1-9H;2*1-4H;1-6H;1-5H;;4*1H;;/q;;;;;;;;;-1;+3;;;;;;+2/p-4. The fourth-order valence-corrected chi connectivity index (χ4v) is 23.3. The Kier molecular flexibility index (Phi) is 59.4. The number of carbonyl (C=O) groups is 4. The molecule has 20 rings (SSSR count). The zero-order valence-electron chi connectivity index (χ0n) is 78.3. The van der Waals surface area contributed by atoms with E-state index in [1.807, 2.05) is 103 Å². The van der Waals surface area contributed by atoms with Gasteiger partial charge in [0.1, 0.15) is 0 Å². The first-order valence-electron chi connectivity index (χ1n) is 45.0. The molecule has 0 aliphatic carbocycles. The first-order chi connectivity index (χ1) is 70.5. The van der Waals surface area contributed by atoms with Gasteiger partial charge in [0.25, 0.3) is 10.5 Å². The van der Waals surface area contributed by atoms with Crippen LogP contribution in [0.3, 0.4) is 0 Å². The third kappa shape index (κ3) is 45.4. The second-order valence-electron chi connectivity index (χ2n) is 29.8. The first-order valence-corrected chi connectivity index (χ1v) is 61.8. The zero-order chi connectivity index (χ0) is 102. The van der Waals surface area contributed by atoms with Crippen LogP contribution in [0.4, 0.5) is 0 Å². The summed E-state index contributed by atoms with van der Waals surface area (Å²) in [4.78, 5) is 44.8. The second kappa shape index (κ2) is 72.0. The van der Waals surface area contributed by atoms with E-state index in [1.54, 1.807) is 121 Å². The van der Waals surface area contributed by atoms with E-state index in [9.17, 15) is 19.2 Å². The Hall–Kier alpha value is -10.5. The summed E-state index contributed by atoms with van der Waals surface area (Å²) in [6.45, 7) is 0. The molecule has 0 bridgehead atoms. The number of carbonyl (C=O) groups excluding carboxylic acids is 4. The molecule has 0 amide bonds. The van der Waals surface area contributed by atoms with Crippen LogP contribution in [-0.4, -0.2) is 33.4 Å². The van der Waals surface area contributed by atoms with Crippen LogP contribution in [0, 0.1) is 6.07 Å². The van der Waals surface area contributed by atoms with E-state index in [1.165, 1.54) is 63.7 Å². The topological polar surface area (TPSA) is 68.3 Å². The average molecular weight is 2330 g/mol. The molecule has 0 aromatic heterocycles. The van der Waals surface area contributed by atoms with Crippen molar-refractivity contribution >= 4 is 238 Å². The van der Waals surface area contributed by atoms with Gasteiger partial charge in [0.05, 0.1) is 0 Å². The van der Waals surface area contributed by atoms with Gasteiger partial charge >= 0.3 is 38.4 Å². The van der Waals surface area contributed by atoms with Crippen molar-refractivity contribution in [1.29, 1.82) is 0 Å². The summed E-state index contributed by atoms with van der Waals surface area (Å²) < 4.78 is 0. The van der Waals surface area contributed by atoms with Crippen LogP contribution in [-0.2, 0) is 37.7 Å². The van der Waals surface area contributed by atoms with Crippen LogP contribution in [0.15, 0.2) is 588 Å². The third-order valence-corrected chi connectivity index (χ3v) is 31.1. The number of hydrogen-bond donors (Lipinski definition) is 0. The van der Waals surface area contributed by atoms with Gasteiger partial charge in [0.15, 0.2) is 11.6 Å². The van der Waals surface area contributed by atoms with Gasteiger partial charge in [-0.15, -0.1) is 0 Å². The minimum atomic E-state index is -1.72. The third-order valence-electron chi connectivity index (χ3n) is 19.9. The zero-order valence-corrected chi connectivity index (χ0v) is 95.1. The molecule has 0 unspecified atom stereocenters. The molecule has 0 aliphatic heterocycles. The molecule has 0 heterocycles. The fraction of sp³-hybridized carbons (Fsp3) is 0. The molecule has 0 saturated heterocycles. The number of hydrogen-bond acceptors (Lipinski definition) is 4. The number of benzene rings is 20. The normalized spacial score (nSPS) is 9.79. The second-order valence-corrected chi connectivity index (χ2v) is 47.6. The molecule has 145 heavy (non-hydrogen) atoms. The maximum Gasteiger partial charge on any atom is 0 e. The van der Waals surface area contributed by atoms with Crippen LogP contribution in [0.25, 0.3) is 0 Å². The molecule has 0 aliphatic rings. The van der Waals surface area contributed by atoms with E-state index in [-0.39, 0.29) is 32.0 Å². The van der Waals surface area contributed by atoms with E-state index in [0.717, 1.165) is 17.3 Å². The monoisotopic (exact) mass is 2320 g/mol. The van der Waals surface area contributed by atoms with Gasteiger partial charge in [-0.25, -0.2) is 30.1 Å². The van der Waals surface area contributed by atoms with Crippen molar-refractivity contribution in [2.24, 2.45) is 0 Å². The smallest absolute Gasteiger partial charge is 0 e. The molecule has 20 aromatic rings. The maximum absolute atomic E-state index is 11.9. The van der Waals surface area contributed by atoms with Crippen molar-refractivity contribution in [3.05, 3.63) is 648 Å². The fourth-order valence-electron chi connectivity index (χ4n) is 13.3. The molecular formula is C124H97AlCl10O4P4PdZn. The van der Waals surface area contributed by atoms with E-state index < -0.39 is 53.6 Å². The minimum absolute atomic E-state index is 0. The van der Waals surface area contributed by atoms with Gasteiger partial charge in [-0.05, 0) is 216 Å². The summed E-state index contributed by atoms with van der Waals surface area (Å²) in [5.41, 5.74) is 3.63. The Balaban J connectivity index is 0.000000199. The molecule has 722 valence electrons. The van der Waals surface area contributed by atoms with Crippen molar-refractivity contribution in [3.63, 3.8) is 0 Å². The van der Waals surface area contributed by atoms with Crippen molar-refractivity contribution in [2.45, 2.75) is 0 Å². The molecule has 0 radical (unpaired) electrons. The van der Waals surface area contributed by atoms with Crippen LogP contribution < -0.4 is 63.7 Å². The van der Waals surface area contributed by atoms with E-state index in [2.05, 4.69) is 370 Å². The van der Waals surface area contributed by atoms with Crippen molar-refractivity contribution in [3.8, 4) is 0 Å². The quantitative estimate of drug-likeness (QED) is 0.0282. The summed E-state index contributed by atoms with van der Waals surface area (Å²) >= 11 is 32.1. The van der Waals surface area contributed by atoms with Crippen LogP contribution in [0.5, 0.6) is 0 Å². The van der Waals surface area contributed by atoms with Crippen LogP contribution in [0.1, 0.15) is 52.6 Å². The van der Waals surface area contributed by atoms with Crippen LogP contribution >= 0.6 is 141 Å². The minimum Gasteiger partial charge on any atom is -0.184 e. The largest absolute Gasteiger partial charge is 0.184 e. The molecule has 4 nitrogen and oxygen atoms in total. The Bertz CT molecular complexity index is 5760. The maximum atomic E-state index is 11.9. The molecule has 0 atom stereocenters. The van der Waals surface area contributed by atoms with Gasteiger partial charge < -0.3 is 0 Å². The van der Waals surface area contributed by atoms with Crippen molar-refractivity contribution in [2.75, 3.05) is 0 Å². The summed E-state index contributed by atoms with van der Waals surface area (Å²) in [7, 11) is 17.8. The van der Waals surface area contributed by atoms with E-state index in [0.29, 0.717) is 53.5 Å². The molecule has 0 saturated carbocycles. The van der Waals surface area contributed by atoms with Crippen molar-refractivity contribution in [1.82, 2.24) is 0 Å². The molecule has 0 fully saturated rings. The first kappa shape index (κ1) is 120. The van der Waals surface area contributed by atoms with Crippen molar-refractivity contribution < 1.29 is 56.9 Å². The summed E-state index contributed by atoms with van der Waals surface area (Å²) in [6.07, 6.45) is 0. The molecule has 0 N–H and O–H groups in total. The molecule has 20 aromatic carbocycles. The van der Waals surface area contributed by atoms with Gasteiger partial charge in [-0.3, -0.25) is 19.2 Å². The Labute approximate surface area is 933 Å². The van der Waals surface area contributed by atoms with Crippen LogP contribution in [0.2, 0.25) is 20.1 Å². The number of rotatable bonds is 18. The number of halogens is 10.